The van der Waals surface area contributed by atoms with Gasteiger partial charge in [-0.1, -0.05) is 43.7 Å². The first-order valence-corrected chi connectivity index (χ1v) is 11.6. The van der Waals surface area contributed by atoms with Gasteiger partial charge in [-0.15, -0.1) is 0 Å². The molecule has 34 heavy (non-hydrogen) atoms. The van der Waals surface area contributed by atoms with E-state index in [-0.39, 0.29) is 11.6 Å². The molecule has 1 saturated heterocycles. The minimum Gasteiger partial charge on any atom is -0.494 e. The van der Waals surface area contributed by atoms with Crippen LogP contribution in [0.2, 0.25) is 0 Å². The van der Waals surface area contributed by atoms with E-state index >= 15 is 0 Å². The maximum atomic E-state index is 12.9. The first-order valence-electron chi connectivity index (χ1n) is 11.6. The van der Waals surface area contributed by atoms with Crippen molar-refractivity contribution in [3.8, 4) is 11.8 Å². The Kier molecular flexibility index (Phi) is 7.61. The van der Waals surface area contributed by atoms with Crippen LogP contribution in [0.5, 0.6) is 5.75 Å². The molecule has 0 radical (unpaired) electrons. The van der Waals surface area contributed by atoms with Crippen molar-refractivity contribution in [1.29, 1.82) is 5.26 Å². The normalized spacial score (nSPS) is 13.8. The molecule has 1 fully saturated rings. The molecule has 1 aliphatic rings. The van der Waals surface area contributed by atoms with Gasteiger partial charge in [0.1, 0.15) is 11.8 Å². The zero-order valence-electron chi connectivity index (χ0n) is 19.3. The Balaban J connectivity index is 1.36. The van der Waals surface area contributed by atoms with Gasteiger partial charge < -0.3 is 19.0 Å². The van der Waals surface area contributed by atoms with Crippen molar-refractivity contribution in [2.75, 3.05) is 37.7 Å². The van der Waals surface area contributed by atoms with Crippen molar-refractivity contribution >= 4 is 23.9 Å². The van der Waals surface area contributed by atoms with Gasteiger partial charge in [-0.2, -0.15) is 10.2 Å². The molecule has 7 heteroatoms. The lowest BCUT2D eigenvalue weighted by Crippen LogP contribution is -2.48. The Morgan fingerprint density at radius 1 is 1.09 bits per heavy atom. The summed E-state index contributed by atoms with van der Waals surface area (Å²) in [6.07, 6.45) is 5.75. The van der Waals surface area contributed by atoms with E-state index in [1.165, 1.54) is 0 Å². The summed E-state index contributed by atoms with van der Waals surface area (Å²) in [4.78, 5) is 21.0. The summed E-state index contributed by atoms with van der Waals surface area (Å²) in [6.45, 7) is 5.01. The SMILES string of the molecule is CCCCOc1ccc(C(=O)N2CCN(c3oc(/C=C/c4ccccc4)nc3C#N)CC2)cc1. The van der Waals surface area contributed by atoms with Crippen molar-refractivity contribution in [3.05, 3.63) is 77.3 Å². The van der Waals surface area contributed by atoms with Gasteiger partial charge in [-0.05, 0) is 42.3 Å². The summed E-state index contributed by atoms with van der Waals surface area (Å²) in [7, 11) is 0. The first kappa shape index (κ1) is 23.1. The van der Waals surface area contributed by atoms with E-state index in [2.05, 4.69) is 18.0 Å². The number of aromatic nitrogens is 1. The molecule has 2 aromatic carbocycles. The molecule has 0 bridgehead atoms. The summed E-state index contributed by atoms with van der Waals surface area (Å²) >= 11 is 0. The molecule has 0 aliphatic carbocycles. The predicted octanol–water partition coefficient (Wildman–Crippen LogP) is 4.86. The summed E-state index contributed by atoms with van der Waals surface area (Å²) in [5, 5.41) is 9.53. The van der Waals surface area contributed by atoms with Crippen LogP contribution in [0.1, 0.15) is 47.3 Å². The van der Waals surface area contributed by atoms with Crippen LogP contribution in [0.25, 0.3) is 12.2 Å². The quantitative estimate of drug-likeness (QED) is 0.450. The number of benzene rings is 2. The van der Waals surface area contributed by atoms with Crippen molar-refractivity contribution in [2.24, 2.45) is 0 Å². The van der Waals surface area contributed by atoms with Crippen LogP contribution in [-0.2, 0) is 0 Å². The third-order valence-electron chi connectivity index (χ3n) is 5.67. The van der Waals surface area contributed by atoms with Gasteiger partial charge >= 0.3 is 0 Å². The van der Waals surface area contributed by atoms with E-state index in [1.54, 1.807) is 6.08 Å². The second-order valence-electron chi connectivity index (χ2n) is 8.07. The standard InChI is InChI=1S/C27H28N4O3/c1-2-3-19-33-23-12-10-22(11-13-23)26(32)30-15-17-31(18-16-30)27-24(20-28)29-25(34-27)14-9-21-7-5-4-6-8-21/h4-14H,2-3,15-19H2,1H3/b14-9+. The number of unbranched alkanes of at least 4 members (excludes halogenated alkanes) is 1. The maximum absolute atomic E-state index is 12.9. The molecule has 1 aliphatic heterocycles. The van der Waals surface area contributed by atoms with Crippen LogP contribution in [0.4, 0.5) is 5.88 Å². The number of oxazole rings is 1. The largest absolute Gasteiger partial charge is 0.494 e. The number of rotatable bonds is 8. The predicted molar refractivity (Wildman–Crippen MR) is 132 cm³/mol. The molecule has 7 nitrogen and oxygen atoms in total. The number of amides is 1. The van der Waals surface area contributed by atoms with Crippen LogP contribution in [0.15, 0.2) is 59.0 Å². The van der Waals surface area contributed by atoms with Crippen molar-refractivity contribution in [2.45, 2.75) is 19.8 Å². The number of hydrogen-bond acceptors (Lipinski definition) is 6. The topological polar surface area (TPSA) is 82.6 Å². The number of carbonyl (C=O) groups excluding carboxylic acids is 1. The number of ether oxygens (including phenoxy) is 1. The molecule has 2 heterocycles. The lowest BCUT2D eigenvalue weighted by Gasteiger charge is -2.34. The Morgan fingerprint density at radius 3 is 2.50 bits per heavy atom. The third kappa shape index (κ3) is 5.65. The maximum Gasteiger partial charge on any atom is 0.253 e. The summed E-state index contributed by atoms with van der Waals surface area (Å²) in [6, 6.07) is 19.3. The highest BCUT2D eigenvalue weighted by atomic mass is 16.5. The Morgan fingerprint density at radius 2 is 1.82 bits per heavy atom. The minimum atomic E-state index is -0.00989. The highest BCUT2D eigenvalue weighted by Crippen LogP contribution is 2.25. The molecule has 0 unspecified atom stereocenters. The average molecular weight is 457 g/mol. The molecule has 0 spiro atoms. The highest BCUT2D eigenvalue weighted by molar-refractivity contribution is 5.94. The van der Waals surface area contributed by atoms with E-state index in [1.807, 2.05) is 70.5 Å². The van der Waals surface area contributed by atoms with Gasteiger partial charge in [0.2, 0.25) is 17.5 Å². The zero-order valence-corrected chi connectivity index (χ0v) is 19.3. The fourth-order valence-corrected chi connectivity index (χ4v) is 3.74. The molecular weight excluding hydrogens is 428 g/mol. The van der Waals surface area contributed by atoms with E-state index in [0.29, 0.717) is 50.1 Å². The Hall–Kier alpha value is -4.05. The third-order valence-corrected chi connectivity index (χ3v) is 5.67. The second kappa shape index (κ2) is 11.2. The molecule has 1 aromatic heterocycles. The number of anilines is 1. The summed E-state index contributed by atoms with van der Waals surface area (Å²) in [5.41, 5.74) is 1.92. The molecule has 4 rings (SSSR count). The van der Waals surface area contributed by atoms with E-state index < -0.39 is 0 Å². The van der Waals surface area contributed by atoms with Crippen LogP contribution >= 0.6 is 0 Å². The smallest absolute Gasteiger partial charge is 0.253 e. The number of piperazine rings is 1. The second-order valence-corrected chi connectivity index (χ2v) is 8.07. The number of hydrogen-bond donors (Lipinski definition) is 0. The zero-order chi connectivity index (χ0) is 23.8. The van der Waals surface area contributed by atoms with E-state index in [0.717, 1.165) is 24.2 Å². The van der Waals surface area contributed by atoms with Crippen LogP contribution in [0, 0.1) is 11.3 Å². The van der Waals surface area contributed by atoms with Crippen LogP contribution in [0.3, 0.4) is 0 Å². The van der Waals surface area contributed by atoms with Crippen molar-refractivity contribution < 1.29 is 13.9 Å². The van der Waals surface area contributed by atoms with Gasteiger partial charge in [0.15, 0.2) is 0 Å². The lowest BCUT2D eigenvalue weighted by atomic mass is 10.1. The van der Waals surface area contributed by atoms with Crippen molar-refractivity contribution in [3.63, 3.8) is 0 Å². The van der Waals surface area contributed by atoms with Crippen LogP contribution in [-0.4, -0.2) is 48.6 Å². The minimum absolute atomic E-state index is 0.00989. The summed E-state index contributed by atoms with van der Waals surface area (Å²) < 4.78 is 11.6. The molecule has 0 N–H and O–H groups in total. The van der Waals surface area contributed by atoms with E-state index in [4.69, 9.17) is 9.15 Å². The number of nitrogens with zero attached hydrogens (tertiary/aromatic N) is 4. The molecule has 1 amide bonds. The fraction of sp³-hybridized carbons (Fsp3) is 0.296. The molecule has 3 aromatic rings. The van der Waals surface area contributed by atoms with Crippen molar-refractivity contribution in [1.82, 2.24) is 9.88 Å². The van der Waals surface area contributed by atoms with E-state index in [9.17, 15) is 10.1 Å². The van der Waals surface area contributed by atoms with Gasteiger partial charge in [0.05, 0.1) is 6.61 Å². The number of carbonyl (C=O) groups is 1. The van der Waals surface area contributed by atoms with Gasteiger partial charge in [0, 0.05) is 37.8 Å². The van der Waals surface area contributed by atoms with Crippen LogP contribution < -0.4 is 9.64 Å². The molecule has 174 valence electrons. The molecular formula is C27H28N4O3. The van der Waals surface area contributed by atoms with Gasteiger partial charge in [-0.3, -0.25) is 4.79 Å². The van der Waals surface area contributed by atoms with Gasteiger partial charge in [0.25, 0.3) is 5.91 Å². The monoisotopic (exact) mass is 456 g/mol. The lowest BCUT2D eigenvalue weighted by molar-refractivity contribution is 0.0745. The Bertz CT molecular complexity index is 1150. The number of nitriles is 1. The average Bonchev–Trinajstić information content (AvgIpc) is 3.32. The highest BCUT2D eigenvalue weighted by Gasteiger charge is 2.26. The summed E-state index contributed by atoms with van der Waals surface area (Å²) in [5.74, 6) is 1.61. The molecule has 0 saturated carbocycles. The fourth-order valence-electron chi connectivity index (χ4n) is 3.74. The molecule has 0 atom stereocenters. The Labute approximate surface area is 199 Å². The first-order chi connectivity index (χ1) is 16.7. The van der Waals surface area contributed by atoms with Gasteiger partial charge in [-0.25, -0.2) is 0 Å².